The molecule has 0 atom stereocenters. The van der Waals surface area contributed by atoms with Crippen LogP contribution in [0.5, 0.6) is 0 Å². The van der Waals surface area contributed by atoms with Gasteiger partial charge in [0.2, 0.25) is 0 Å². The monoisotopic (exact) mass is 210 g/mol. The lowest BCUT2D eigenvalue weighted by Gasteiger charge is -1.99. The van der Waals surface area contributed by atoms with Gasteiger partial charge in [0.25, 0.3) is 0 Å². The minimum absolute atomic E-state index is 0.477. The average Bonchev–Trinajstić information content (AvgIpc) is 2.75. The maximum absolute atomic E-state index is 5.56. The average molecular weight is 210 g/mol. The molecule has 3 N–H and O–H groups in total. The Morgan fingerprint density at radius 3 is 2.62 bits per heavy atom. The molecule has 0 radical (unpaired) electrons. The SMILES string of the molecule is Nc1cc(-c2cc3ccccc3cn2)[nH]n1. The van der Waals surface area contributed by atoms with E-state index in [4.69, 9.17) is 5.73 Å². The van der Waals surface area contributed by atoms with Gasteiger partial charge in [-0.2, -0.15) is 5.10 Å². The highest BCUT2D eigenvalue weighted by atomic mass is 15.2. The summed E-state index contributed by atoms with van der Waals surface area (Å²) >= 11 is 0. The van der Waals surface area contributed by atoms with Gasteiger partial charge in [-0.3, -0.25) is 10.1 Å². The van der Waals surface area contributed by atoms with Gasteiger partial charge in [0.05, 0.1) is 11.4 Å². The predicted octanol–water partition coefficient (Wildman–Crippen LogP) is 2.21. The van der Waals surface area contributed by atoms with E-state index < -0.39 is 0 Å². The first-order chi connectivity index (χ1) is 7.83. The van der Waals surface area contributed by atoms with E-state index in [2.05, 4.69) is 21.2 Å². The number of aromatic amines is 1. The summed E-state index contributed by atoms with van der Waals surface area (Å²) in [4.78, 5) is 4.36. The molecule has 4 heteroatoms. The molecule has 0 saturated heterocycles. The lowest BCUT2D eigenvalue weighted by Crippen LogP contribution is -1.84. The first-order valence-corrected chi connectivity index (χ1v) is 4.99. The zero-order valence-electron chi connectivity index (χ0n) is 8.51. The van der Waals surface area contributed by atoms with Crippen molar-refractivity contribution < 1.29 is 0 Å². The number of H-pyrrole nitrogens is 1. The molecule has 0 spiro atoms. The second-order valence-electron chi connectivity index (χ2n) is 3.62. The molecule has 0 aliphatic heterocycles. The number of hydrogen-bond acceptors (Lipinski definition) is 3. The van der Waals surface area contributed by atoms with Gasteiger partial charge in [0.1, 0.15) is 5.82 Å². The molecule has 3 rings (SSSR count). The van der Waals surface area contributed by atoms with Crippen LogP contribution in [0, 0.1) is 0 Å². The van der Waals surface area contributed by atoms with Gasteiger partial charge < -0.3 is 5.73 Å². The van der Waals surface area contributed by atoms with Crippen LogP contribution in [0.25, 0.3) is 22.2 Å². The van der Waals surface area contributed by atoms with Crippen molar-refractivity contribution in [1.29, 1.82) is 0 Å². The molecule has 0 aliphatic rings. The van der Waals surface area contributed by atoms with Crippen molar-refractivity contribution in [3.8, 4) is 11.4 Å². The fourth-order valence-corrected chi connectivity index (χ4v) is 1.70. The molecule has 0 unspecified atom stereocenters. The van der Waals surface area contributed by atoms with E-state index in [1.165, 1.54) is 0 Å². The molecule has 1 aromatic carbocycles. The zero-order valence-corrected chi connectivity index (χ0v) is 8.51. The Kier molecular flexibility index (Phi) is 1.86. The van der Waals surface area contributed by atoms with Crippen molar-refractivity contribution in [3.63, 3.8) is 0 Å². The lowest BCUT2D eigenvalue weighted by molar-refractivity contribution is 1.09. The highest BCUT2D eigenvalue weighted by Crippen LogP contribution is 2.20. The Bertz CT molecular complexity index is 642. The Labute approximate surface area is 92.1 Å². The summed E-state index contributed by atoms with van der Waals surface area (Å²) in [6.07, 6.45) is 1.85. The fourth-order valence-electron chi connectivity index (χ4n) is 1.70. The standard InChI is InChI=1S/C12H10N4/c13-12-6-11(15-16-12)10-5-8-3-1-2-4-9(8)7-14-10/h1-7H,(H3,13,15,16). The summed E-state index contributed by atoms with van der Waals surface area (Å²) in [7, 11) is 0. The second-order valence-corrected chi connectivity index (χ2v) is 3.62. The fraction of sp³-hybridized carbons (Fsp3) is 0. The van der Waals surface area contributed by atoms with E-state index in [0.29, 0.717) is 5.82 Å². The number of aromatic nitrogens is 3. The van der Waals surface area contributed by atoms with Gasteiger partial charge in [0, 0.05) is 17.6 Å². The first-order valence-electron chi connectivity index (χ1n) is 4.99. The van der Waals surface area contributed by atoms with Gasteiger partial charge in [-0.05, 0) is 11.5 Å². The van der Waals surface area contributed by atoms with Gasteiger partial charge in [-0.25, -0.2) is 0 Å². The van der Waals surface area contributed by atoms with Gasteiger partial charge in [0.15, 0.2) is 0 Å². The number of hydrogen-bond donors (Lipinski definition) is 2. The predicted molar refractivity (Wildman–Crippen MR) is 63.7 cm³/mol. The van der Waals surface area contributed by atoms with E-state index >= 15 is 0 Å². The van der Waals surface area contributed by atoms with Gasteiger partial charge >= 0.3 is 0 Å². The van der Waals surface area contributed by atoms with Crippen molar-refractivity contribution >= 4 is 16.6 Å². The third-order valence-electron chi connectivity index (χ3n) is 2.50. The van der Waals surface area contributed by atoms with Crippen LogP contribution < -0.4 is 5.73 Å². The first kappa shape index (κ1) is 8.91. The third kappa shape index (κ3) is 1.40. The normalized spacial score (nSPS) is 10.8. The van der Waals surface area contributed by atoms with E-state index in [1.807, 2.05) is 30.5 Å². The molecule has 0 saturated carbocycles. The number of benzene rings is 1. The van der Waals surface area contributed by atoms with Crippen LogP contribution in [0.1, 0.15) is 0 Å². The molecule has 16 heavy (non-hydrogen) atoms. The van der Waals surface area contributed by atoms with Crippen molar-refractivity contribution in [3.05, 3.63) is 42.6 Å². The topological polar surface area (TPSA) is 67.6 Å². The molecule has 3 aromatic rings. The second kappa shape index (κ2) is 3.34. The summed E-state index contributed by atoms with van der Waals surface area (Å²) in [6, 6.07) is 11.9. The number of nitrogens with one attached hydrogen (secondary N) is 1. The molecular formula is C12H10N4. The van der Waals surface area contributed by atoms with E-state index in [-0.39, 0.29) is 0 Å². The summed E-state index contributed by atoms with van der Waals surface area (Å²) in [5.74, 6) is 0.477. The highest BCUT2D eigenvalue weighted by Gasteiger charge is 2.03. The smallest absolute Gasteiger partial charge is 0.145 e. The maximum atomic E-state index is 5.56. The molecule has 0 amide bonds. The minimum Gasteiger partial charge on any atom is -0.382 e. The number of pyridine rings is 1. The number of anilines is 1. The van der Waals surface area contributed by atoms with Crippen molar-refractivity contribution in [2.24, 2.45) is 0 Å². The minimum atomic E-state index is 0.477. The molecule has 4 nitrogen and oxygen atoms in total. The Morgan fingerprint density at radius 1 is 1.06 bits per heavy atom. The Hall–Kier alpha value is -2.36. The van der Waals surface area contributed by atoms with Crippen LogP contribution in [-0.2, 0) is 0 Å². The number of rotatable bonds is 1. The molecule has 0 bridgehead atoms. The number of fused-ring (bicyclic) bond motifs is 1. The molecule has 78 valence electrons. The number of nitrogen functional groups attached to an aromatic ring is 1. The van der Waals surface area contributed by atoms with E-state index in [9.17, 15) is 0 Å². The van der Waals surface area contributed by atoms with Gasteiger partial charge in [-0.1, -0.05) is 24.3 Å². The van der Waals surface area contributed by atoms with Crippen molar-refractivity contribution in [2.45, 2.75) is 0 Å². The van der Waals surface area contributed by atoms with Crippen LogP contribution in [-0.4, -0.2) is 15.2 Å². The van der Waals surface area contributed by atoms with Crippen LogP contribution in [0.3, 0.4) is 0 Å². The number of nitrogens with two attached hydrogens (primary N) is 1. The van der Waals surface area contributed by atoms with Crippen molar-refractivity contribution in [1.82, 2.24) is 15.2 Å². The molecule has 0 aliphatic carbocycles. The maximum Gasteiger partial charge on any atom is 0.145 e. The Balaban J connectivity index is 2.18. The largest absolute Gasteiger partial charge is 0.382 e. The number of nitrogens with zero attached hydrogens (tertiary/aromatic N) is 2. The van der Waals surface area contributed by atoms with Crippen LogP contribution in [0.4, 0.5) is 5.82 Å². The van der Waals surface area contributed by atoms with Crippen LogP contribution >= 0.6 is 0 Å². The van der Waals surface area contributed by atoms with Gasteiger partial charge in [-0.15, -0.1) is 0 Å². The molecular weight excluding hydrogens is 200 g/mol. The molecule has 0 fully saturated rings. The molecule has 2 aromatic heterocycles. The van der Waals surface area contributed by atoms with E-state index in [1.54, 1.807) is 6.07 Å². The Morgan fingerprint density at radius 2 is 1.88 bits per heavy atom. The summed E-state index contributed by atoms with van der Waals surface area (Å²) < 4.78 is 0. The summed E-state index contributed by atoms with van der Waals surface area (Å²) in [6.45, 7) is 0. The summed E-state index contributed by atoms with van der Waals surface area (Å²) in [5.41, 5.74) is 7.24. The summed E-state index contributed by atoms with van der Waals surface area (Å²) in [5, 5.41) is 9.01. The van der Waals surface area contributed by atoms with E-state index in [0.717, 1.165) is 22.2 Å². The van der Waals surface area contributed by atoms with Crippen LogP contribution in [0.15, 0.2) is 42.6 Å². The lowest BCUT2D eigenvalue weighted by atomic mass is 10.1. The van der Waals surface area contributed by atoms with Crippen molar-refractivity contribution in [2.75, 3.05) is 5.73 Å². The quantitative estimate of drug-likeness (QED) is 0.647. The third-order valence-corrected chi connectivity index (χ3v) is 2.50. The molecule has 2 heterocycles. The highest BCUT2D eigenvalue weighted by molar-refractivity contribution is 5.84. The zero-order chi connectivity index (χ0) is 11.0. The van der Waals surface area contributed by atoms with Crippen LogP contribution in [0.2, 0.25) is 0 Å².